The maximum absolute atomic E-state index is 9.36. The number of benzene rings is 1. The summed E-state index contributed by atoms with van der Waals surface area (Å²) in [4.78, 5) is 8.17. The van der Waals surface area contributed by atoms with Crippen molar-refractivity contribution in [3.8, 4) is 5.88 Å². The first-order chi connectivity index (χ1) is 8.15. The lowest BCUT2D eigenvalue weighted by Crippen LogP contribution is -1.90. The molecule has 0 radical (unpaired) electrons. The molecule has 0 fully saturated rings. The van der Waals surface area contributed by atoms with Crippen LogP contribution in [0.2, 0.25) is 5.02 Å². The molecular formula is C12H11ClN2OS. The number of thioether (sulfide) groups is 1. The summed E-state index contributed by atoms with van der Waals surface area (Å²) in [6, 6.07) is 9.18. The molecule has 0 aliphatic heterocycles. The van der Waals surface area contributed by atoms with Crippen LogP contribution in [-0.2, 0) is 5.75 Å². The third-order valence-corrected chi connectivity index (χ3v) is 3.40. The van der Waals surface area contributed by atoms with E-state index < -0.39 is 0 Å². The van der Waals surface area contributed by atoms with Gasteiger partial charge < -0.3 is 5.11 Å². The first kappa shape index (κ1) is 12.2. The summed E-state index contributed by atoms with van der Waals surface area (Å²) in [5.74, 6) is 0.682. The van der Waals surface area contributed by atoms with Gasteiger partial charge in [0.1, 0.15) is 0 Å². The molecule has 5 heteroatoms. The fraction of sp³-hybridized carbons (Fsp3) is 0.167. The Morgan fingerprint density at radius 2 is 2.06 bits per heavy atom. The highest BCUT2D eigenvalue weighted by Gasteiger charge is 2.04. The van der Waals surface area contributed by atoms with Crippen LogP contribution in [-0.4, -0.2) is 15.1 Å². The Morgan fingerprint density at radius 1 is 1.29 bits per heavy atom. The average Bonchev–Trinajstić information content (AvgIpc) is 2.27. The fourth-order valence-corrected chi connectivity index (χ4v) is 2.53. The van der Waals surface area contributed by atoms with Gasteiger partial charge in [0.15, 0.2) is 5.16 Å². The maximum Gasteiger partial charge on any atom is 0.215 e. The van der Waals surface area contributed by atoms with E-state index in [0.29, 0.717) is 10.9 Å². The third kappa shape index (κ3) is 3.35. The third-order valence-electron chi connectivity index (χ3n) is 2.13. The van der Waals surface area contributed by atoms with Gasteiger partial charge in [-0.2, -0.15) is 4.98 Å². The van der Waals surface area contributed by atoms with Gasteiger partial charge >= 0.3 is 0 Å². The molecule has 1 N–H and O–H groups in total. The van der Waals surface area contributed by atoms with E-state index in [0.717, 1.165) is 16.3 Å². The molecule has 0 atom stereocenters. The van der Waals surface area contributed by atoms with Gasteiger partial charge in [0.05, 0.1) is 0 Å². The summed E-state index contributed by atoms with van der Waals surface area (Å²) in [6.07, 6.45) is 0. The maximum atomic E-state index is 9.36. The van der Waals surface area contributed by atoms with E-state index in [1.807, 2.05) is 31.2 Å². The predicted octanol–water partition coefficient (Wildman–Crippen LogP) is 3.44. The van der Waals surface area contributed by atoms with Crippen molar-refractivity contribution in [1.29, 1.82) is 0 Å². The summed E-state index contributed by atoms with van der Waals surface area (Å²) in [6.45, 7) is 1.82. The molecule has 1 aromatic carbocycles. The minimum atomic E-state index is -0.000779. The van der Waals surface area contributed by atoms with Crippen molar-refractivity contribution in [1.82, 2.24) is 9.97 Å². The molecule has 0 bridgehead atoms. The van der Waals surface area contributed by atoms with Crippen LogP contribution in [0.5, 0.6) is 5.88 Å². The van der Waals surface area contributed by atoms with Crippen LogP contribution in [0, 0.1) is 6.92 Å². The van der Waals surface area contributed by atoms with Gasteiger partial charge in [0, 0.05) is 22.5 Å². The number of hydrogen-bond acceptors (Lipinski definition) is 4. The first-order valence-electron chi connectivity index (χ1n) is 5.06. The lowest BCUT2D eigenvalue weighted by molar-refractivity contribution is 0.444. The Bertz CT molecular complexity index is 513. The highest BCUT2D eigenvalue weighted by atomic mass is 35.5. The van der Waals surface area contributed by atoms with E-state index in [-0.39, 0.29) is 5.88 Å². The van der Waals surface area contributed by atoms with Gasteiger partial charge in [-0.15, -0.1) is 0 Å². The molecule has 0 spiro atoms. The summed E-state index contributed by atoms with van der Waals surface area (Å²) in [7, 11) is 0. The summed E-state index contributed by atoms with van der Waals surface area (Å²) in [5.41, 5.74) is 1.78. The van der Waals surface area contributed by atoms with Crippen molar-refractivity contribution >= 4 is 23.4 Å². The number of aromatic hydroxyl groups is 1. The van der Waals surface area contributed by atoms with Crippen molar-refractivity contribution in [2.45, 2.75) is 17.8 Å². The Morgan fingerprint density at radius 3 is 2.76 bits per heavy atom. The van der Waals surface area contributed by atoms with E-state index in [2.05, 4.69) is 9.97 Å². The molecule has 2 rings (SSSR count). The number of aryl methyl sites for hydroxylation is 1. The predicted molar refractivity (Wildman–Crippen MR) is 69.4 cm³/mol. The van der Waals surface area contributed by atoms with Crippen LogP contribution in [0.4, 0.5) is 0 Å². The molecule has 0 saturated carbocycles. The van der Waals surface area contributed by atoms with Gasteiger partial charge in [-0.1, -0.05) is 41.6 Å². The largest absolute Gasteiger partial charge is 0.493 e. The Hall–Kier alpha value is -1.26. The second kappa shape index (κ2) is 5.38. The number of nitrogens with zero attached hydrogens (tertiary/aromatic N) is 2. The molecule has 0 unspecified atom stereocenters. The number of aromatic nitrogens is 2. The lowest BCUT2D eigenvalue weighted by atomic mass is 10.2. The van der Waals surface area contributed by atoms with Crippen LogP contribution in [0.3, 0.4) is 0 Å². The van der Waals surface area contributed by atoms with Crippen LogP contribution < -0.4 is 0 Å². The number of rotatable bonds is 3. The van der Waals surface area contributed by atoms with Crippen molar-refractivity contribution < 1.29 is 5.11 Å². The fourth-order valence-electron chi connectivity index (χ4n) is 1.35. The van der Waals surface area contributed by atoms with Crippen LogP contribution in [0.1, 0.15) is 11.3 Å². The smallest absolute Gasteiger partial charge is 0.215 e. The zero-order valence-corrected chi connectivity index (χ0v) is 10.8. The molecule has 0 saturated heterocycles. The average molecular weight is 267 g/mol. The molecule has 1 aromatic heterocycles. The SMILES string of the molecule is Cc1cc(O)nc(SCc2ccccc2Cl)n1. The Kier molecular flexibility index (Phi) is 3.86. The molecule has 0 amide bonds. The second-order valence-electron chi connectivity index (χ2n) is 3.53. The molecule has 0 aliphatic carbocycles. The second-order valence-corrected chi connectivity index (χ2v) is 4.88. The highest BCUT2D eigenvalue weighted by molar-refractivity contribution is 7.98. The van der Waals surface area contributed by atoms with Crippen molar-refractivity contribution in [3.63, 3.8) is 0 Å². The molecule has 2 aromatic rings. The molecular weight excluding hydrogens is 256 g/mol. The summed E-state index contributed by atoms with van der Waals surface area (Å²) >= 11 is 7.50. The van der Waals surface area contributed by atoms with E-state index in [1.165, 1.54) is 17.8 Å². The normalized spacial score (nSPS) is 10.5. The molecule has 1 heterocycles. The van der Waals surface area contributed by atoms with Crippen LogP contribution >= 0.6 is 23.4 Å². The highest BCUT2D eigenvalue weighted by Crippen LogP contribution is 2.25. The zero-order chi connectivity index (χ0) is 12.3. The standard InChI is InChI=1S/C12H11ClN2OS/c1-8-6-11(16)15-12(14-8)17-7-9-4-2-3-5-10(9)13/h2-6H,7H2,1H3,(H,14,15,16). The van der Waals surface area contributed by atoms with Crippen LogP contribution in [0.15, 0.2) is 35.5 Å². The topological polar surface area (TPSA) is 46.0 Å². The van der Waals surface area contributed by atoms with E-state index in [9.17, 15) is 5.11 Å². The monoisotopic (exact) mass is 266 g/mol. The Balaban J connectivity index is 2.10. The molecule has 3 nitrogen and oxygen atoms in total. The van der Waals surface area contributed by atoms with E-state index in [4.69, 9.17) is 11.6 Å². The van der Waals surface area contributed by atoms with Gasteiger partial charge in [-0.05, 0) is 18.6 Å². The van der Waals surface area contributed by atoms with Crippen molar-refractivity contribution in [3.05, 3.63) is 46.6 Å². The van der Waals surface area contributed by atoms with Crippen LogP contribution in [0.25, 0.3) is 0 Å². The minimum Gasteiger partial charge on any atom is -0.493 e. The molecule has 17 heavy (non-hydrogen) atoms. The van der Waals surface area contributed by atoms with Gasteiger partial charge in [-0.3, -0.25) is 0 Å². The van der Waals surface area contributed by atoms with Gasteiger partial charge in [-0.25, -0.2) is 4.98 Å². The minimum absolute atomic E-state index is 0.000779. The summed E-state index contributed by atoms with van der Waals surface area (Å²) in [5, 5.41) is 10.6. The zero-order valence-electron chi connectivity index (χ0n) is 9.22. The van der Waals surface area contributed by atoms with Gasteiger partial charge in [0.2, 0.25) is 5.88 Å². The summed E-state index contributed by atoms with van der Waals surface area (Å²) < 4.78 is 0. The van der Waals surface area contributed by atoms with Gasteiger partial charge in [0.25, 0.3) is 0 Å². The lowest BCUT2D eigenvalue weighted by Gasteiger charge is -2.04. The van der Waals surface area contributed by atoms with E-state index >= 15 is 0 Å². The van der Waals surface area contributed by atoms with E-state index in [1.54, 1.807) is 0 Å². The van der Waals surface area contributed by atoms with Crippen molar-refractivity contribution in [2.75, 3.05) is 0 Å². The number of halogens is 1. The molecule has 0 aliphatic rings. The first-order valence-corrected chi connectivity index (χ1v) is 6.42. The Labute approximate surface area is 109 Å². The molecule has 88 valence electrons. The van der Waals surface area contributed by atoms with Crippen molar-refractivity contribution in [2.24, 2.45) is 0 Å². The quantitative estimate of drug-likeness (QED) is 0.683. The number of hydrogen-bond donors (Lipinski definition) is 1.